The van der Waals surface area contributed by atoms with Crippen molar-refractivity contribution in [3.05, 3.63) is 58.1 Å². The van der Waals surface area contributed by atoms with Gasteiger partial charge in [-0.15, -0.1) is 0 Å². The number of hydrogen-bond acceptors (Lipinski definition) is 5. The van der Waals surface area contributed by atoms with Crippen LogP contribution in [0.3, 0.4) is 0 Å². The standard InChI is InChI=1S/C20H19N3O3/c1-25-17-6-3-12(10-18(17)26-2)9-13-7-8-23-19(13)22-16-11-14(21)4-5-15(16)20(23)24/h3-6,9-11H,7-8,21H2,1-2H3. The van der Waals surface area contributed by atoms with E-state index < -0.39 is 0 Å². The van der Waals surface area contributed by atoms with Gasteiger partial charge in [0.25, 0.3) is 5.56 Å². The van der Waals surface area contributed by atoms with Crippen molar-refractivity contribution in [2.45, 2.75) is 13.0 Å². The van der Waals surface area contributed by atoms with Crippen molar-refractivity contribution in [2.75, 3.05) is 20.0 Å². The Hall–Kier alpha value is -3.28. The van der Waals surface area contributed by atoms with Crippen LogP contribution >= 0.6 is 0 Å². The van der Waals surface area contributed by atoms with E-state index in [1.165, 1.54) is 0 Å². The summed E-state index contributed by atoms with van der Waals surface area (Å²) in [5, 5.41) is 0.593. The molecule has 0 saturated heterocycles. The first kappa shape index (κ1) is 16.2. The fourth-order valence-electron chi connectivity index (χ4n) is 3.32. The van der Waals surface area contributed by atoms with Crippen LogP contribution in [0, 0.1) is 0 Å². The average Bonchev–Trinajstić information content (AvgIpc) is 3.04. The first-order valence-corrected chi connectivity index (χ1v) is 8.34. The van der Waals surface area contributed by atoms with Gasteiger partial charge >= 0.3 is 0 Å². The number of hydrogen-bond donors (Lipinski definition) is 1. The minimum atomic E-state index is -0.0271. The van der Waals surface area contributed by atoms with E-state index in [0.29, 0.717) is 40.5 Å². The van der Waals surface area contributed by atoms with E-state index in [2.05, 4.69) is 0 Å². The highest BCUT2D eigenvalue weighted by molar-refractivity contribution is 5.86. The van der Waals surface area contributed by atoms with Crippen LogP contribution in [0.1, 0.15) is 17.8 Å². The minimum Gasteiger partial charge on any atom is -0.493 e. The van der Waals surface area contributed by atoms with Crippen molar-refractivity contribution in [3.63, 3.8) is 0 Å². The predicted octanol–water partition coefficient (Wildman–Crippen LogP) is 2.94. The quantitative estimate of drug-likeness (QED) is 0.736. The first-order chi connectivity index (χ1) is 12.6. The molecule has 1 aromatic heterocycles. The van der Waals surface area contributed by atoms with Crippen LogP contribution in [0.25, 0.3) is 22.6 Å². The molecule has 6 nitrogen and oxygen atoms in total. The van der Waals surface area contributed by atoms with Crippen molar-refractivity contribution < 1.29 is 9.47 Å². The highest BCUT2D eigenvalue weighted by Crippen LogP contribution is 2.32. The van der Waals surface area contributed by atoms with Gasteiger partial charge in [-0.2, -0.15) is 0 Å². The number of allylic oxidation sites excluding steroid dienone is 1. The van der Waals surface area contributed by atoms with E-state index in [0.717, 1.165) is 17.6 Å². The van der Waals surface area contributed by atoms with Gasteiger partial charge in [-0.3, -0.25) is 9.36 Å². The van der Waals surface area contributed by atoms with Gasteiger partial charge in [-0.25, -0.2) is 4.98 Å². The molecule has 2 aromatic carbocycles. The Balaban J connectivity index is 1.84. The lowest BCUT2D eigenvalue weighted by Crippen LogP contribution is -2.20. The lowest BCUT2D eigenvalue weighted by atomic mass is 10.1. The molecule has 2 heterocycles. The number of ether oxygens (including phenoxy) is 2. The first-order valence-electron chi connectivity index (χ1n) is 8.34. The maximum Gasteiger partial charge on any atom is 0.261 e. The molecule has 4 rings (SSSR count). The van der Waals surface area contributed by atoms with E-state index in [4.69, 9.17) is 20.2 Å². The van der Waals surface area contributed by atoms with Gasteiger partial charge in [0.05, 0.1) is 25.1 Å². The van der Waals surface area contributed by atoms with E-state index >= 15 is 0 Å². The van der Waals surface area contributed by atoms with Crippen LogP contribution in [0.4, 0.5) is 5.69 Å². The summed E-state index contributed by atoms with van der Waals surface area (Å²) in [4.78, 5) is 17.4. The van der Waals surface area contributed by atoms with E-state index in [1.54, 1.807) is 37.0 Å². The minimum absolute atomic E-state index is 0.0271. The zero-order chi connectivity index (χ0) is 18.3. The summed E-state index contributed by atoms with van der Waals surface area (Å²) >= 11 is 0. The van der Waals surface area contributed by atoms with E-state index in [9.17, 15) is 4.79 Å². The van der Waals surface area contributed by atoms with Crippen molar-refractivity contribution in [1.82, 2.24) is 9.55 Å². The molecule has 1 aliphatic heterocycles. The monoisotopic (exact) mass is 349 g/mol. The Morgan fingerprint density at radius 2 is 1.92 bits per heavy atom. The van der Waals surface area contributed by atoms with Gasteiger partial charge in [0.15, 0.2) is 11.5 Å². The van der Waals surface area contributed by atoms with E-state index in [1.807, 2.05) is 24.3 Å². The Bertz CT molecular complexity index is 1100. The molecule has 0 aliphatic carbocycles. The SMILES string of the molecule is COc1ccc(C=C2CCn3c2nc2cc(N)ccc2c3=O)cc1OC. The van der Waals surface area contributed by atoms with Crippen LogP contribution in [0.15, 0.2) is 41.2 Å². The second kappa shape index (κ2) is 6.22. The molecular weight excluding hydrogens is 330 g/mol. The maximum absolute atomic E-state index is 12.7. The van der Waals surface area contributed by atoms with Gasteiger partial charge in [-0.1, -0.05) is 6.07 Å². The summed E-state index contributed by atoms with van der Waals surface area (Å²) in [6, 6.07) is 10.9. The summed E-state index contributed by atoms with van der Waals surface area (Å²) in [7, 11) is 3.22. The molecule has 1 aliphatic rings. The van der Waals surface area contributed by atoms with Crippen molar-refractivity contribution in [3.8, 4) is 11.5 Å². The van der Waals surface area contributed by atoms with Gasteiger partial charge in [0.1, 0.15) is 5.82 Å². The molecule has 0 unspecified atom stereocenters. The molecule has 0 bridgehead atoms. The smallest absolute Gasteiger partial charge is 0.261 e. The topological polar surface area (TPSA) is 79.4 Å². The van der Waals surface area contributed by atoms with Gasteiger partial charge in [0, 0.05) is 12.2 Å². The Kier molecular flexibility index (Phi) is 3.88. The molecule has 0 fully saturated rings. The number of methoxy groups -OCH3 is 2. The number of anilines is 1. The second-order valence-corrected chi connectivity index (χ2v) is 6.20. The Labute approximate surface area is 150 Å². The zero-order valence-corrected chi connectivity index (χ0v) is 14.7. The Morgan fingerprint density at radius 3 is 2.69 bits per heavy atom. The molecule has 0 spiro atoms. The number of fused-ring (bicyclic) bond motifs is 2. The van der Waals surface area contributed by atoms with Crippen LogP contribution in [-0.2, 0) is 6.54 Å². The number of nitrogen functional groups attached to an aromatic ring is 1. The number of benzene rings is 2. The molecule has 6 heteroatoms. The maximum atomic E-state index is 12.7. The summed E-state index contributed by atoms with van der Waals surface area (Å²) in [5.74, 6) is 2.04. The van der Waals surface area contributed by atoms with E-state index in [-0.39, 0.29) is 5.56 Å². The van der Waals surface area contributed by atoms with Crippen LogP contribution in [0.5, 0.6) is 11.5 Å². The third kappa shape index (κ3) is 2.60. The molecule has 0 atom stereocenters. The number of nitrogens with zero attached hydrogens (tertiary/aromatic N) is 2. The molecule has 26 heavy (non-hydrogen) atoms. The molecule has 0 amide bonds. The molecule has 0 saturated carbocycles. The molecule has 2 N–H and O–H groups in total. The summed E-state index contributed by atoms with van der Waals surface area (Å²) in [5.41, 5.74) is 9.02. The van der Waals surface area contributed by atoms with Crippen LogP contribution in [-0.4, -0.2) is 23.8 Å². The van der Waals surface area contributed by atoms with Crippen molar-refractivity contribution in [1.29, 1.82) is 0 Å². The lowest BCUT2D eigenvalue weighted by Gasteiger charge is -2.09. The highest BCUT2D eigenvalue weighted by Gasteiger charge is 2.21. The Morgan fingerprint density at radius 1 is 1.12 bits per heavy atom. The molecule has 0 radical (unpaired) electrons. The third-order valence-corrected chi connectivity index (χ3v) is 4.62. The highest BCUT2D eigenvalue weighted by atomic mass is 16.5. The third-order valence-electron chi connectivity index (χ3n) is 4.62. The fourth-order valence-corrected chi connectivity index (χ4v) is 3.32. The van der Waals surface area contributed by atoms with Gasteiger partial charge < -0.3 is 15.2 Å². The normalized spacial score (nSPS) is 14.6. The molecule has 132 valence electrons. The second-order valence-electron chi connectivity index (χ2n) is 6.20. The number of aromatic nitrogens is 2. The number of nitrogens with two attached hydrogens (primary N) is 1. The summed E-state index contributed by atoms with van der Waals surface area (Å²) in [6.45, 7) is 0.626. The summed E-state index contributed by atoms with van der Waals surface area (Å²) < 4.78 is 12.4. The van der Waals surface area contributed by atoms with Gasteiger partial charge in [0.2, 0.25) is 0 Å². The van der Waals surface area contributed by atoms with Crippen molar-refractivity contribution in [2.24, 2.45) is 0 Å². The largest absolute Gasteiger partial charge is 0.493 e. The zero-order valence-electron chi connectivity index (χ0n) is 14.7. The van der Waals surface area contributed by atoms with Crippen LogP contribution < -0.4 is 20.8 Å². The van der Waals surface area contributed by atoms with Gasteiger partial charge in [-0.05, 0) is 54.0 Å². The van der Waals surface area contributed by atoms with Crippen molar-refractivity contribution >= 4 is 28.2 Å². The molecule has 3 aromatic rings. The molecular formula is C20H19N3O3. The predicted molar refractivity (Wildman–Crippen MR) is 102 cm³/mol. The lowest BCUT2D eigenvalue weighted by molar-refractivity contribution is 0.355. The average molecular weight is 349 g/mol. The summed E-state index contributed by atoms with van der Waals surface area (Å²) in [6.07, 6.45) is 2.79. The fraction of sp³-hybridized carbons (Fsp3) is 0.200. The number of rotatable bonds is 3. The van der Waals surface area contributed by atoms with Crippen LogP contribution in [0.2, 0.25) is 0 Å².